The second-order valence-electron chi connectivity index (χ2n) is 7.15. The van der Waals surface area contributed by atoms with Crippen LogP contribution in [0.15, 0.2) is 39.6 Å². The van der Waals surface area contributed by atoms with Crippen LogP contribution >= 0.6 is 0 Å². The van der Waals surface area contributed by atoms with Gasteiger partial charge in [0, 0.05) is 36.8 Å². The standard InChI is InChI=1S/C20H24N2O3/c1-2-3-15-4-7-19-16-8-14(10-22(19)20(15)24)9-21(11-16)12-17-5-6-18(13-23)25-17/h2-7,14,16,23H,8-13H2,1H3/b3-2+/t14-,16+/m0/s1. The minimum Gasteiger partial charge on any atom is -0.462 e. The van der Waals surface area contributed by atoms with Crippen LogP contribution in [-0.4, -0.2) is 27.7 Å². The third-order valence-corrected chi connectivity index (χ3v) is 5.31. The summed E-state index contributed by atoms with van der Waals surface area (Å²) in [6.07, 6.45) is 4.96. The monoisotopic (exact) mass is 340 g/mol. The first kappa shape index (κ1) is 16.4. The fourth-order valence-corrected chi connectivity index (χ4v) is 4.31. The zero-order chi connectivity index (χ0) is 17.4. The van der Waals surface area contributed by atoms with E-state index in [0.717, 1.165) is 49.6 Å². The van der Waals surface area contributed by atoms with E-state index in [1.165, 1.54) is 0 Å². The molecule has 1 N–H and O–H groups in total. The third kappa shape index (κ3) is 3.10. The lowest BCUT2D eigenvalue weighted by Crippen LogP contribution is -2.47. The second-order valence-corrected chi connectivity index (χ2v) is 7.15. The van der Waals surface area contributed by atoms with Crippen LogP contribution in [0.5, 0.6) is 0 Å². The summed E-state index contributed by atoms with van der Waals surface area (Å²) in [4.78, 5) is 15.1. The SMILES string of the molecule is C/C=C/c1ccc2n(c1=O)C[C@H]1C[C@@H]2CN(Cc2ccc(CO)o2)C1. The molecule has 4 heterocycles. The molecule has 0 aromatic carbocycles. The van der Waals surface area contributed by atoms with Crippen molar-refractivity contribution < 1.29 is 9.52 Å². The Kier molecular flexibility index (Phi) is 4.36. The molecule has 2 atom stereocenters. The number of hydrogen-bond acceptors (Lipinski definition) is 4. The van der Waals surface area contributed by atoms with E-state index in [2.05, 4.69) is 11.0 Å². The molecule has 0 spiro atoms. The zero-order valence-corrected chi connectivity index (χ0v) is 14.5. The van der Waals surface area contributed by atoms with Crippen molar-refractivity contribution in [2.45, 2.75) is 39.0 Å². The van der Waals surface area contributed by atoms with Gasteiger partial charge in [-0.15, -0.1) is 0 Å². The van der Waals surface area contributed by atoms with Crippen molar-refractivity contribution in [2.75, 3.05) is 13.1 Å². The first-order valence-electron chi connectivity index (χ1n) is 8.95. The zero-order valence-electron chi connectivity index (χ0n) is 14.5. The van der Waals surface area contributed by atoms with Crippen molar-refractivity contribution in [3.8, 4) is 0 Å². The first-order chi connectivity index (χ1) is 12.2. The van der Waals surface area contributed by atoms with E-state index < -0.39 is 0 Å². The Morgan fingerprint density at radius 2 is 2.04 bits per heavy atom. The first-order valence-corrected chi connectivity index (χ1v) is 8.95. The Morgan fingerprint density at radius 3 is 2.80 bits per heavy atom. The number of rotatable bonds is 4. The molecule has 1 saturated heterocycles. The van der Waals surface area contributed by atoms with Gasteiger partial charge in [0.2, 0.25) is 0 Å². The van der Waals surface area contributed by atoms with E-state index >= 15 is 0 Å². The Balaban J connectivity index is 1.56. The largest absolute Gasteiger partial charge is 0.462 e. The van der Waals surface area contributed by atoms with E-state index in [0.29, 0.717) is 17.6 Å². The summed E-state index contributed by atoms with van der Waals surface area (Å²) in [7, 11) is 0. The van der Waals surface area contributed by atoms with E-state index in [4.69, 9.17) is 9.52 Å². The molecule has 0 amide bonds. The molecular formula is C20H24N2O3. The van der Waals surface area contributed by atoms with E-state index in [1.807, 2.05) is 41.8 Å². The van der Waals surface area contributed by atoms with Gasteiger partial charge in [-0.1, -0.05) is 12.2 Å². The molecule has 2 aromatic heterocycles. The number of piperidine rings is 1. The van der Waals surface area contributed by atoms with Gasteiger partial charge in [-0.25, -0.2) is 0 Å². The molecule has 5 heteroatoms. The molecular weight excluding hydrogens is 316 g/mol. The van der Waals surface area contributed by atoms with Crippen LogP contribution in [0.25, 0.3) is 6.08 Å². The third-order valence-electron chi connectivity index (χ3n) is 5.31. The van der Waals surface area contributed by atoms with Gasteiger partial charge >= 0.3 is 0 Å². The molecule has 2 bridgehead atoms. The molecule has 25 heavy (non-hydrogen) atoms. The van der Waals surface area contributed by atoms with Crippen molar-refractivity contribution >= 4 is 6.08 Å². The number of pyridine rings is 1. The number of aromatic nitrogens is 1. The Bertz CT molecular complexity index is 849. The molecule has 0 unspecified atom stereocenters. The van der Waals surface area contributed by atoms with E-state index in [1.54, 1.807) is 0 Å². The maximum absolute atomic E-state index is 12.7. The number of hydrogen-bond donors (Lipinski definition) is 1. The summed E-state index contributed by atoms with van der Waals surface area (Å²) in [5, 5.41) is 9.14. The summed E-state index contributed by atoms with van der Waals surface area (Å²) in [6.45, 7) is 5.35. The van der Waals surface area contributed by atoms with Gasteiger partial charge in [0.1, 0.15) is 18.1 Å². The number of aliphatic hydroxyl groups is 1. The normalized spacial score (nSPS) is 23.1. The van der Waals surface area contributed by atoms with Crippen molar-refractivity contribution in [3.63, 3.8) is 0 Å². The molecule has 2 aliphatic rings. The predicted molar refractivity (Wildman–Crippen MR) is 96.2 cm³/mol. The quantitative estimate of drug-likeness (QED) is 0.929. The molecule has 1 fully saturated rings. The Labute approximate surface area is 147 Å². The van der Waals surface area contributed by atoms with Gasteiger partial charge in [0.05, 0.1) is 6.54 Å². The summed E-state index contributed by atoms with van der Waals surface area (Å²) in [5.74, 6) is 2.40. The van der Waals surface area contributed by atoms with Gasteiger partial charge in [-0.2, -0.15) is 0 Å². The number of likely N-dealkylation sites (tertiary alicyclic amines) is 1. The van der Waals surface area contributed by atoms with Crippen molar-refractivity contribution in [3.05, 3.63) is 63.5 Å². The highest BCUT2D eigenvalue weighted by molar-refractivity contribution is 5.48. The lowest BCUT2D eigenvalue weighted by molar-refractivity contribution is 0.106. The highest BCUT2D eigenvalue weighted by atomic mass is 16.4. The summed E-state index contributed by atoms with van der Waals surface area (Å²) in [6, 6.07) is 7.85. The average molecular weight is 340 g/mol. The molecule has 0 saturated carbocycles. The van der Waals surface area contributed by atoms with Crippen molar-refractivity contribution in [1.29, 1.82) is 0 Å². The topological polar surface area (TPSA) is 58.6 Å². The summed E-state index contributed by atoms with van der Waals surface area (Å²) >= 11 is 0. The molecule has 5 nitrogen and oxygen atoms in total. The lowest BCUT2D eigenvalue weighted by atomic mass is 9.83. The number of aliphatic hydroxyl groups excluding tert-OH is 1. The van der Waals surface area contributed by atoms with Gasteiger partial charge in [-0.3, -0.25) is 9.69 Å². The number of nitrogens with zero attached hydrogens (tertiary/aromatic N) is 2. The van der Waals surface area contributed by atoms with E-state index in [9.17, 15) is 4.79 Å². The highest BCUT2D eigenvalue weighted by Gasteiger charge is 2.35. The van der Waals surface area contributed by atoms with Gasteiger partial charge in [-0.05, 0) is 43.5 Å². The average Bonchev–Trinajstić information content (AvgIpc) is 3.05. The minimum absolute atomic E-state index is 0.0594. The van der Waals surface area contributed by atoms with Crippen LogP contribution in [0.1, 0.15) is 42.0 Å². The summed E-state index contributed by atoms with van der Waals surface area (Å²) < 4.78 is 7.62. The number of furan rings is 1. The lowest BCUT2D eigenvalue weighted by Gasteiger charge is -2.42. The van der Waals surface area contributed by atoms with Crippen molar-refractivity contribution in [1.82, 2.24) is 9.47 Å². The Morgan fingerprint density at radius 1 is 1.20 bits per heavy atom. The van der Waals surface area contributed by atoms with Gasteiger partial charge in [0.25, 0.3) is 5.56 Å². The fraction of sp³-hybridized carbons (Fsp3) is 0.450. The molecule has 0 radical (unpaired) electrons. The highest BCUT2D eigenvalue weighted by Crippen LogP contribution is 2.35. The Hall–Kier alpha value is -2.11. The molecule has 4 rings (SSSR count). The fourth-order valence-electron chi connectivity index (χ4n) is 4.31. The number of allylic oxidation sites excluding steroid dienone is 1. The molecule has 2 aliphatic heterocycles. The van der Waals surface area contributed by atoms with Crippen LogP contribution in [0.2, 0.25) is 0 Å². The minimum atomic E-state index is -0.0594. The predicted octanol–water partition coefficient (Wildman–Crippen LogP) is 2.59. The van der Waals surface area contributed by atoms with E-state index in [-0.39, 0.29) is 12.2 Å². The number of fused-ring (bicyclic) bond motifs is 4. The second kappa shape index (κ2) is 6.65. The molecule has 0 aliphatic carbocycles. The molecule has 2 aromatic rings. The van der Waals surface area contributed by atoms with Crippen LogP contribution < -0.4 is 5.56 Å². The van der Waals surface area contributed by atoms with Crippen LogP contribution in [0.4, 0.5) is 0 Å². The van der Waals surface area contributed by atoms with Crippen LogP contribution in [-0.2, 0) is 19.7 Å². The van der Waals surface area contributed by atoms with Crippen LogP contribution in [0, 0.1) is 5.92 Å². The van der Waals surface area contributed by atoms with Crippen molar-refractivity contribution in [2.24, 2.45) is 5.92 Å². The molecule has 132 valence electrons. The van der Waals surface area contributed by atoms with Crippen LogP contribution in [0.3, 0.4) is 0 Å². The maximum atomic E-state index is 12.7. The van der Waals surface area contributed by atoms with Gasteiger partial charge in [0.15, 0.2) is 0 Å². The summed E-state index contributed by atoms with van der Waals surface area (Å²) in [5.41, 5.74) is 2.07. The van der Waals surface area contributed by atoms with Gasteiger partial charge < -0.3 is 14.1 Å². The maximum Gasteiger partial charge on any atom is 0.258 e. The smallest absolute Gasteiger partial charge is 0.258 e.